The van der Waals surface area contributed by atoms with E-state index in [1.54, 1.807) is 24.3 Å². The maximum absolute atomic E-state index is 12.1. The molecule has 124 valence electrons. The highest BCUT2D eigenvalue weighted by Crippen LogP contribution is 2.24. The van der Waals surface area contributed by atoms with Crippen LogP contribution < -0.4 is 10.6 Å². The summed E-state index contributed by atoms with van der Waals surface area (Å²) >= 11 is 0. The number of para-hydroxylation sites is 2. The van der Waals surface area contributed by atoms with Crippen molar-refractivity contribution < 1.29 is 9.72 Å². The van der Waals surface area contributed by atoms with Gasteiger partial charge in [0.05, 0.1) is 4.92 Å². The Labute approximate surface area is 144 Å². The van der Waals surface area contributed by atoms with Crippen LogP contribution in [0.2, 0.25) is 0 Å². The minimum absolute atomic E-state index is 0.144. The van der Waals surface area contributed by atoms with Gasteiger partial charge < -0.3 is 10.6 Å². The van der Waals surface area contributed by atoms with Crippen molar-refractivity contribution in [3.8, 4) is 11.1 Å². The maximum Gasteiger partial charge on any atom is 0.323 e. The molecule has 0 aliphatic heterocycles. The summed E-state index contributed by atoms with van der Waals surface area (Å²) in [7, 11) is 0. The van der Waals surface area contributed by atoms with E-state index in [4.69, 9.17) is 0 Å². The largest absolute Gasteiger partial charge is 0.323 e. The normalized spacial score (nSPS) is 10.1. The zero-order valence-corrected chi connectivity index (χ0v) is 13.2. The smallest absolute Gasteiger partial charge is 0.308 e. The third-order valence-electron chi connectivity index (χ3n) is 3.60. The summed E-state index contributed by atoms with van der Waals surface area (Å²) in [6.45, 7) is 0. The van der Waals surface area contributed by atoms with Gasteiger partial charge in [0.1, 0.15) is 5.69 Å². The molecule has 25 heavy (non-hydrogen) atoms. The topological polar surface area (TPSA) is 84.3 Å². The van der Waals surface area contributed by atoms with E-state index in [-0.39, 0.29) is 11.4 Å². The van der Waals surface area contributed by atoms with Crippen LogP contribution in [0.1, 0.15) is 0 Å². The molecule has 6 heteroatoms. The molecule has 0 aliphatic rings. The van der Waals surface area contributed by atoms with Gasteiger partial charge in [0.25, 0.3) is 5.69 Å². The molecular formula is C19H15N3O3. The molecule has 6 nitrogen and oxygen atoms in total. The molecule has 3 rings (SSSR count). The SMILES string of the molecule is O=C(Nc1ccc(-c2ccccc2)cc1)Nc1ccccc1[N+](=O)[O-]. The number of benzene rings is 3. The first-order valence-electron chi connectivity index (χ1n) is 7.60. The molecule has 3 aromatic carbocycles. The van der Waals surface area contributed by atoms with Gasteiger partial charge in [-0.15, -0.1) is 0 Å². The van der Waals surface area contributed by atoms with Crippen LogP contribution in [0.25, 0.3) is 11.1 Å². The van der Waals surface area contributed by atoms with Crippen LogP contribution in [-0.2, 0) is 0 Å². The summed E-state index contributed by atoms with van der Waals surface area (Å²) in [6, 6.07) is 22.7. The Morgan fingerprint density at radius 2 is 1.36 bits per heavy atom. The van der Waals surface area contributed by atoms with Crippen molar-refractivity contribution >= 4 is 23.1 Å². The molecule has 0 bridgehead atoms. The van der Waals surface area contributed by atoms with E-state index in [1.807, 2.05) is 42.5 Å². The lowest BCUT2D eigenvalue weighted by atomic mass is 10.1. The summed E-state index contributed by atoms with van der Waals surface area (Å²) in [5, 5.41) is 16.1. The summed E-state index contributed by atoms with van der Waals surface area (Å²) in [5.74, 6) is 0. The Kier molecular flexibility index (Phi) is 4.71. The van der Waals surface area contributed by atoms with Crippen molar-refractivity contribution in [1.82, 2.24) is 0 Å². The lowest BCUT2D eigenvalue weighted by Gasteiger charge is -2.09. The Balaban J connectivity index is 1.69. The molecule has 2 N–H and O–H groups in total. The summed E-state index contributed by atoms with van der Waals surface area (Å²) in [6.07, 6.45) is 0. The van der Waals surface area contributed by atoms with Crippen LogP contribution in [0, 0.1) is 10.1 Å². The number of hydrogen-bond acceptors (Lipinski definition) is 3. The quantitative estimate of drug-likeness (QED) is 0.526. The highest BCUT2D eigenvalue weighted by atomic mass is 16.6. The number of urea groups is 1. The van der Waals surface area contributed by atoms with E-state index in [1.165, 1.54) is 12.1 Å². The van der Waals surface area contributed by atoms with Crippen molar-refractivity contribution in [2.45, 2.75) is 0 Å². The van der Waals surface area contributed by atoms with Gasteiger partial charge in [-0.1, -0.05) is 54.6 Å². The third kappa shape index (κ3) is 4.00. The first-order valence-corrected chi connectivity index (χ1v) is 7.60. The number of carbonyl (C=O) groups is 1. The number of hydrogen-bond donors (Lipinski definition) is 2. The average molecular weight is 333 g/mol. The van der Waals surface area contributed by atoms with E-state index in [9.17, 15) is 14.9 Å². The van der Waals surface area contributed by atoms with Crippen molar-refractivity contribution in [2.75, 3.05) is 10.6 Å². The minimum Gasteiger partial charge on any atom is -0.308 e. The Hall–Kier alpha value is -3.67. The number of nitro benzene ring substituents is 1. The van der Waals surface area contributed by atoms with E-state index in [0.717, 1.165) is 11.1 Å². The molecular weight excluding hydrogens is 318 g/mol. The molecule has 0 heterocycles. The van der Waals surface area contributed by atoms with Crippen LogP contribution in [0.5, 0.6) is 0 Å². The Morgan fingerprint density at radius 3 is 2.04 bits per heavy atom. The summed E-state index contributed by atoms with van der Waals surface area (Å²) < 4.78 is 0. The second-order valence-electron chi connectivity index (χ2n) is 5.30. The predicted octanol–water partition coefficient (Wildman–Crippen LogP) is 4.91. The molecule has 0 saturated carbocycles. The zero-order chi connectivity index (χ0) is 17.6. The molecule has 0 radical (unpaired) electrons. The van der Waals surface area contributed by atoms with Gasteiger partial charge in [-0.25, -0.2) is 4.79 Å². The van der Waals surface area contributed by atoms with Crippen LogP contribution >= 0.6 is 0 Å². The molecule has 0 spiro atoms. The highest BCUT2D eigenvalue weighted by Gasteiger charge is 2.14. The monoisotopic (exact) mass is 333 g/mol. The fourth-order valence-corrected chi connectivity index (χ4v) is 2.40. The van der Waals surface area contributed by atoms with Crippen LogP contribution in [0.4, 0.5) is 21.9 Å². The highest BCUT2D eigenvalue weighted by molar-refractivity contribution is 6.01. The maximum atomic E-state index is 12.1. The zero-order valence-electron chi connectivity index (χ0n) is 13.2. The van der Waals surface area contributed by atoms with Gasteiger partial charge in [-0.2, -0.15) is 0 Å². The summed E-state index contributed by atoms with van der Waals surface area (Å²) in [5.41, 5.74) is 2.70. The van der Waals surface area contributed by atoms with Gasteiger partial charge in [-0.3, -0.25) is 10.1 Å². The van der Waals surface area contributed by atoms with E-state index >= 15 is 0 Å². The van der Waals surface area contributed by atoms with Gasteiger partial charge in [-0.05, 0) is 29.3 Å². The fourth-order valence-electron chi connectivity index (χ4n) is 2.40. The molecule has 3 aromatic rings. The third-order valence-corrected chi connectivity index (χ3v) is 3.60. The van der Waals surface area contributed by atoms with Crippen LogP contribution in [-0.4, -0.2) is 11.0 Å². The van der Waals surface area contributed by atoms with Crippen molar-refractivity contribution in [3.63, 3.8) is 0 Å². The first kappa shape index (κ1) is 16.2. The van der Waals surface area contributed by atoms with Gasteiger partial charge in [0.2, 0.25) is 0 Å². The standard InChI is InChI=1S/C19H15N3O3/c23-19(21-17-8-4-5-9-18(17)22(24)25)20-16-12-10-15(11-13-16)14-6-2-1-3-7-14/h1-13H,(H2,20,21,23). The van der Waals surface area contributed by atoms with Gasteiger partial charge >= 0.3 is 6.03 Å². The van der Waals surface area contributed by atoms with Crippen LogP contribution in [0.3, 0.4) is 0 Å². The van der Waals surface area contributed by atoms with E-state index in [0.29, 0.717) is 5.69 Å². The molecule has 0 fully saturated rings. The number of nitro groups is 1. The predicted molar refractivity (Wildman–Crippen MR) is 97.6 cm³/mol. The van der Waals surface area contributed by atoms with Crippen molar-refractivity contribution in [2.24, 2.45) is 0 Å². The number of carbonyl (C=O) groups excluding carboxylic acids is 1. The van der Waals surface area contributed by atoms with E-state index in [2.05, 4.69) is 10.6 Å². The minimum atomic E-state index is -0.540. The number of anilines is 2. The first-order chi connectivity index (χ1) is 12.1. The van der Waals surface area contributed by atoms with Gasteiger partial charge in [0, 0.05) is 11.8 Å². The molecule has 0 unspecified atom stereocenters. The molecule has 2 amide bonds. The van der Waals surface area contributed by atoms with Crippen molar-refractivity contribution in [1.29, 1.82) is 0 Å². The van der Waals surface area contributed by atoms with Crippen LogP contribution in [0.15, 0.2) is 78.9 Å². The second-order valence-corrected chi connectivity index (χ2v) is 5.30. The molecule has 0 atom stereocenters. The lowest BCUT2D eigenvalue weighted by molar-refractivity contribution is -0.383. The number of nitrogens with one attached hydrogen (secondary N) is 2. The molecule has 0 aliphatic carbocycles. The molecule has 0 saturated heterocycles. The lowest BCUT2D eigenvalue weighted by Crippen LogP contribution is -2.20. The summed E-state index contributed by atoms with van der Waals surface area (Å²) in [4.78, 5) is 22.5. The van der Waals surface area contributed by atoms with Gasteiger partial charge in [0.15, 0.2) is 0 Å². The van der Waals surface area contributed by atoms with E-state index < -0.39 is 11.0 Å². The second kappa shape index (κ2) is 7.27. The Bertz CT molecular complexity index is 893. The molecule has 0 aromatic heterocycles. The Morgan fingerprint density at radius 1 is 0.760 bits per heavy atom. The number of rotatable bonds is 4. The average Bonchev–Trinajstić information content (AvgIpc) is 2.63. The van der Waals surface area contributed by atoms with Crippen molar-refractivity contribution in [3.05, 3.63) is 89.0 Å². The number of nitrogens with zero attached hydrogens (tertiary/aromatic N) is 1. The fraction of sp³-hybridized carbons (Fsp3) is 0. The number of amides is 2.